The molecule has 0 N–H and O–H groups in total. The Hall–Kier alpha value is -0.110. The van der Waals surface area contributed by atoms with Crippen LogP contribution in [0.1, 0.15) is 45.1 Å². The molecule has 0 fully saturated rings. The van der Waals surface area contributed by atoms with Crippen molar-refractivity contribution in [1.82, 2.24) is 0 Å². The van der Waals surface area contributed by atoms with Gasteiger partial charge in [0.2, 0.25) is 0 Å². The molecular weight excluding hydrogens is 303 g/mol. The third-order valence-corrected chi connectivity index (χ3v) is 4.02. The van der Waals surface area contributed by atoms with Crippen LogP contribution in [0.15, 0.2) is 12.1 Å². The van der Waals surface area contributed by atoms with E-state index >= 15 is 0 Å². The number of hydrogen-bond acceptors (Lipinski definition) is 1. The van der Waals surface area contributed by atoms with Gasteiger partial charge in [-0.3, -0.25) is 0 Å². The highest BCUT2D eigenvalue weighted by Gasteiger charge is 2.13. The van der Waals surface area contributed by atoms with E-state index in [9.17, 15) is 0 Å². The van der Waals surface area contributed by atoms with Gasteiger partial charge in [-0.25, -0.2) is 0 Å². The van der Waals surface area contributed by atoms with Gasteiger partial charge in [0, 0.05) is 10.6 Å². The van der Waals surface area contributed by atoms with Gasteiger partial charge >= 0.3 is 0 Å². The van der Waals surface area contributed by atoms with Gasteiger partial charge in [0.15, 0.2) is 0 Å². The van der Waals surface area contributed by atoms with E-state index in [4.69, 9.17) is 39.5 Å². The first kappa shape index (κ1) is 16.9. The van der Waals surface area contributed by atoms with Gasteiger partial charge in [-0.1, -0.05) is 56.3 Å². The maximum absolute atomic E-state index is 6.18. The molecule has 1 unspecified atom stereocenters. The van der Waals surface area contributed by atoms with E-state index in [2.05, 4.69) is 13.8 Å². The van der Waals surface area contributed by atoms with Crippen LogP contribution in [0.3, 0.4) is 0 Å². The normalized spacial score (nSPS) is 12.5. The zero-order chi connectivity index (χ0) is 14.3. The van der Waals surface area contributed by atoms with Gasteiger partial charge in [0.1, 0.15) is 5.75 Å². The van der Waals surface area contributed by atoms with E-state index in [1.165, 1.54) is 19.3 Å². The van der Waals surface area contributed by atoms with Crippen molar-refractivity contribution in [3.8, 4) is 5.75 Å². The summed E-state index contributed by atoms with van der Waals surface area (Å²) in [7, 11) is 0. The lowest BCUT2D eigenvalue weighted by Gasteiger charge is -2.18. The second-order valence-corrected chi connectivity index (χ2v) is 5.85. The number of rotatable bonds is 8. The average Bonchev–Trinajstić information content (AvgIpc) is 2.40. The molecule has 108 valence electrons. The SMILES string of the molecule is CCCCC(CC)COc1c(Cl)cc(Cl)cc1CCl. The lowest BCUT2D eigenvalue weighted by molar-refractivity contribution is 0.232. The summed E-state index contributed by atoms with van der Waals surface area (Å²) >= 11 is 18.0. The minimum Gasteiger partial charge on any atom is -0.491 e. The van der Waals surface area contributed by atoms with Gasteiger partial charge in [-0.05, 0) is 24.5 Å². The van der Waals surface area contributed by atoms with E-state index in [1.54, 1.807) is 6.07 Å². The minimum atomic E-state index is 0.349. The number of halogens is 3. The Labute approximate surface area is 131 Å². The molecule has 0 spiro atoms. The Morgan fingerprint density at radius 3 is 2.53 bits per heavy atom. The Morgan fingerprint density at radius 2 is 1.95 bits per heavy atom. The van der Waals surface area contributed by atoms with Gasteiger partial charge in [0.25, 0.3) is 0 Å². The Kier molecular flexibility index (Phi) is 7.97. The predicted molar refractivity (Wildman–Crippen MR) is 84.8 cm³/mol. The van der Waals surface area contributed by atoms with Crippen LogP contribution in [0.5, 0.6) is 5.75 Å². The van der Waals surface area contributed by atoms with Crippen LogP contribution in [0, 0.1) is 5.92 Å². The van der Waals surface area contributed by atoms with Crippen molar-refractivity contribution < 1.29 is 4.74 Å². The smallest absolute Gasteiger partial charge is 0.142 e. The third-order valence-electron chi connectivity index (χ3n) is 3.24. The van der Waals surface area contributed by atoms with Gasteiger partial charge < -0.3 is 4.74 Å². The van der Waals surface area contributed by atoms with E-state index in [0.29, 0.717) is 34.2 Å². The summed E-state index contributed by atoms with van der Waals surface area (Å²) in [4.78, 5) is 0. The van der Waals surface area contributed by atoms with Crippen molar-refractivity contribution in [3.63, 3.8) is 0 Å². The fourth-order valence-electron chi connectivity index (χ4n) is 1.97. The predicted octanol–water partition coefficient (Wildman–Crippen LogP) is 6.33. The van der Waals surface area contributed by atoms with Crippen LogP contribution < -0.4 is 4.74 Å². The molecule has 0 saturated heterocycles. The summed E-state index contributed by atoms with van der Waals surface area (Å²) in [5.74, 6) is 1.59. The average molecular weight is 324 g/mol. The van der Waals surface area contributed by atoms with Crippen LogP contribution in [-0.4, -0.2) is 6.61 Å². The number of hydrogen-bond donors (Lipinski definition) is 0. The van der Waals surface area contributed by atoms with Crippen molar-refractivity contribution in [1.29, 1.82) is 0 Å². The molecular formula is C15H21Cl3O. The molecule has 1 rings (SSSR count). The monoisotopic (exact) mass is 322 g/mol. The fraction of sp³-hybridized carbons (Fsp3) is 0.600. The van der Waals surface area contributed by atoms with Crippen LogP contribution >= 0.6 is 34.8 Å². The first-order valence-electron chi connectivity index (χ1n) is 6.79. The van der Waals surface area contributed by atoms with Crippen LogP contribution in [0.25, 0.3) is 0 Å². The highest BCUT2D eigenvalue weighted by atomic mass is 35.5. The molecule has 1 atom stereocenters. The van der Waals surface area contributed by atoms with Gasteiger partial charge in [-0.2, -0.15) is 0 Å². The van der Waals surface area contributed by atoms with E-state index in [0.717, 1.165) is 12.0 Å². The molecule has 0 radical (unpaired) electrons. The molecule has 0 aromatic heterocycles. The van der Waals surface area contributed by atoms with Crippen molar-refractivity contribution in [3.05, 3.63) is 27.7 Å². The second-order valence-electron chi connectivity index (χ2n) is 4.74. The first-order valence-corrected chi connectivity index (χ1v) is 8.08. The molecule has 1 aromatic rings. The molecule has 0 heterocycles. The molecule has 19 heavy (non-hydrogen) atoms. The zero-order valence-electron chi connectivity index (χ0n) is 11.5. The van der Waals surface area contributed by atoms with E-state index < -0.39 is 0 Å². The molecule has 0 aliphatic carbocycles. The van der Waals surface area contributed by atoms with E-state index in [1.807, 2.05) is 6.07 Å². The van der Waals surface area contributed by atoms with E-state index in [-0.39, 0.29) is 0 Å². The summed E-state index contributed by atoms with van der Waals surface area (Å²) in [5.41, 5.74) is 0.851. The topological polar surface area (TPSA) is 9.23 Å². The molecule has 4 heteroatoms. The Morgan fingerprint density at radius 1 is 1.21 bits per heavy atom. The minimum absolute atomic E-state index is 0.349. The number of ether oxygens (including phenoxy) is 1. The number of alkyl halides is 1. The van der Waals surface area contributed by atoms with Gasteiger partial charge in [-0.15, -0.1) is 11.6 Å². The quantitative estimate of drug-likeness (QED) is 0.508. The standard InChI is InChI=1S/C15H21Cl3O/c1-3-5-6-11(4-2)10-19-15-12(9-16)7-13(17)8-14(15)18/h7-8,11H,3-6,9-10H2,1-2H3. The maximum atomic E-state index is 6.18. The lowest BCUT2D eigenvalue weighted by Crippen LogP contribution is -2.12. The highest BCUT2D eigenvalue weighted by Crippen LogP contribution is 2.34. The van der Waals surface area contributed by atoms with Crippen LogP contribution in [0.4, 0.5) is 0 Å². The summed E-state index contributed by atoms with van der Waals surface area (Å²) in [5, 5.41) is 1.12. The Balaban J connectivity index is 2.70. The molecule has 1 aromatic carbocycles. The molecule has 0 amide bonds. The van der Waals surface area contributed by atoms with Crippen molar-refractivity contribution in [2.75, 3.05) is 6.61 Å². The lowest BCUT2D eigenvalue weighted by atomic mass is 10.0. The third kappa shape index (κ3) is 5.41. The summed E-state index contributed by atoms with van der Waals surface area (Å²) in [6, 6.07) is 3.50. The molecule has 1 nitrogen and oxygen atoms in total. The van der Waals surface area contributed by atoms with Crippen LogP contribution in [-0.2, 0) is 5.88 Å². The Bertz CT molecular complexity index is 393. The summed E-state index contributed by atoms with van der Waals surface area (Å²) in [6.07, 6.45) is 4.75. The maximum Gasteiger partial charge on any atom is 0.142 e. The second kappa shape index (κ2) is 8.94. The van der Waals surface area contributed by atoms with Crippen molar-refractivity contribution in [2.24, 2.45) is 5.92 Å². The number of unbranched alkanes of at least 4 members (excludes halogenated alkanes) is 1. The molecule has 0 aliphatic heterocycles. The van der Waals surface area contributed by atoms with Crippen molar-refractivity contribution >= 4 is 34.8 Å². The van der Waals surface area contributed by atoms with Crippen LogP contribution in [0.2, 0.25) is 10.0 Å². The molecule has 0 bridgehead atoms. The summed E-state index contributed by atoms with van der Waals surface area (Å²) < 4.78 is 5.89. The highest BCUT2D eigenvalue weighted by molar-refractivity contribution is 6.35. The molecule has 0 saturated carbocycles. The largest absolute Gasteiger partial charge is 0.491 e. The fourth-order valence-corrected chi connectivity index (χ4v) is 2.76. The molecule has 0 aliphatic rings. The van der Waals surface area contributed by atoms with Gasteiger partial charge in [0.05, 0.1) is 17.5 Å². The van der Waals surface area contributed by atoms with Crippen molar-refractivity contribution in [2.45, 2.75) is 45.4 Å². The zero-order valence-corrected chi connectivity index (χ0v) is 13.8. The number of benzene rings is 1. The summed E-state index contributed by atoms with van der Waals surface area (Å²) in [6.45, 7) is 5.08. The first-order chi connectivity index (χ1) is 9.12.